The minimum atomic E-state index is -2.74. The van der Waals surface area contributed by atoms with Gasteiger partial charge in [0, 0.05) is 16.8 Å². The van der Waals surface area contributed by atoms with Crippen molar-refractivity contribution in [3.05, 3.63) is 69.5 Å². The van der Waals surface area contributed by atoms with Gasteiger partial charge in [0.15, 0.2) is 5.60 Å². The number of piperidine rings is 1. The topological polar surface area (TPSA) is 157 Å². The molecule has 35 heavy (non-hydrogen) atoms. The quantitative estimate of drug-likeness (QED) is 0.414. The Balaban J connectivity index is 0.000000228. The van der Waals surface area contributed by atoms with Crippen molar-refractivity contribution in [3.8, 4) is 0 Å². The maximum atomic E-state index is 10.3. The molecule has 0 radical (unpaired) electrons. The molecule has 0 bridgehead atoms. The van der Waals surface area contributed by atoms with Crippen LogP contribution in [0.2, 0.25) is 5.02 Å². The Morgan fingerprint density at radius 1 is 0.943 bits per heavy atom. The number of aliphatic hydroxyl groups is 1. The summed E-state index contributed by atoms with van der Waals surface area (Å²) in [6.45, 7) is 2.12. The summed E-state index contributed by atoms with van der Waals surface area (Å²) in [5.41, 5.74) is 5.38. The highest BCUT2D eigenvalue weighted by Crippen LogP contribution is 2.37. The number of benzene rings is 1. The maximum absolute atomic E-state index is 10.3. The molecule has 1 aliphatic carbocycles. The van der Waals surface area contributed by atoms with Gasteiger partial charge in [0.2, 0.25) is 0 Å². The summed E-state index contributed by atoms with van der Waals surface area (Å²) in [6, 6.07) is 10.6. The minimum Gasteiger partial charge on any atom is -0.481 e. The van der Waals surface area contributed by atoms with E-state index >= 15 is 0 Å². The normalized spacial score (nSPS) is 15.1. The summed E-state index contributed by atoms with van der Waals surface area (Å²) >= 11 is 6.23. The fourth-order valence-corrected chi connectivity index (χ4v) is 4.52. The third-order valence-corrected chi connectivity index (χ3v) is 6.21. The van der Waals surface area contributed by atoms with Crippen LogP contribution in [0, 0.1) is 0 Å². The van der Waals surface area contributed by atoms with E-state index in [1.165, 1.54) is 33.5 Å². The molecule has 0 atom stereocenters. The average molecular weight is 503 g/mol. The van der Waals surface area contributed by atoms with Crippen LogP contribution < -0.4 is 5.32 Å². The van der Waals surface area contributed by atoms with E-state index in [1.54, 1.807) is 0 Å². The Labute approximate surface area is 207 Å². The number of carbonyl (C=O) groups is 3. The monoisotopic (exact) mass is 502 g/mol. The number of nitrogens with one attached hydrogen (secondary N) is 1. The van der Waals surface area contributed by atoms with E-state index in [4.69, 9.17) is 37.0 Å². The molecular formula is C25H27ClN2O7. The van der Waals surface area contributed by atoms with Crippen LogP contribution in [0.5, 0.6) is 0 Å². The molecule has 4 rings (SSSR count). The van der Waals surface area contributed by atoms with Gasteiger partial charge in [-0.2, -0.15) is 0 Å². The van der Waals surface area contributed by atoms with Gasteiger partial charge in [0.1, 0.15) is 0 Å². The molecule has 1 fully saturated rings. The average Bonchev–Trinajstić information content (AvgIpc) is 2.95. The second-order valence-electron chi connectivity index (χ2n) is 8.52. The lowest BCUT2D eigenvalue weighted by atomic mass is 9.89. The third kappa shape index (κ3) is 6.66. The first-order chi connectivity index (χ1) is 16.6. The van der Waals surface area contributed by atoms with Gasteiger partial charge in [-0.05, 0) is 73.7 Å². The van der Waals surface area contributed by atoms with Crippen molar-refractivity contribution in [2.75, 3.05) is 13.1 Å². The number of fused-ring (bicyclic) bond motifs is 2. The molecule has 1 saturated heterocycles. The number of hydrogen-bond acceptors (Lipinski definition) is 6. The second-order valence-corrected chi connectivity index (χ2v) is 8.96. The highest BCUT2D eigenvalue weighted by Gasteiger charge is 2.40. The van der Waals surface area contributed by atoms with Gasteiger partial charge in [-0.3, -0.25) is 14.6 Å². The van der Waals surface area contributed by atoms with Crippen LogP contribution in [-0.4, -0.2) is 62.0 Å². The maximum Gasteiger partial charge on any atom is 0.336 e. The number of rotatable bonds is 5. The van der Waals surface area contributed by atoms with Crippen molar-refractivity contribution < 1.29 is 34.8 Å². The molecule has 5 N–H and O–H groups in total. The Morgan fingerprint density at radius 2 is 1.57 bits per heavy atom. The van der Waals surface area contributed by atoms with Crippen LogP contribution in [0.3, 0.4) is 0 Å². The van der Waals surface area contributed by atoms with E-state index < -0.39 is 36.4 Å². The van der Waals surface area contributed by atoms with Crippen molar-refractivity contribution in [1.82, 2.24) is 10.3 Å². The number of carboxylic acid groups (broad SMARTS) is 3. The molecule has 2 aliphatic rings. The predicted molar refractivity (Wildman–Crippen MR) is 128 cm³/mol. The smallest absolute Gasteiger partial charge is 0.336 e. The summed E-state index contributed by atoms with van der Waals surface area (Å²) in [4.78, 5) is 35.2. The lowest BCUT2D eigenvalue weighted by Gasteiger charge is -2.21. The summed E-state index contributed by atoms with van der Waals surface area (Å²) < 4.78 is 0. The number of nitrogens with zero attached hydrogens (tertiary/aromatic N) is 1. The first-order valence-corrected chi connectivity index (χ1v) is 11.5. The van der Waals surface area contributed by atoms with Crippen LogP contribution >= 0.6 is 11.6 Å². The molecule has 10 heteroatoms. The lowest BCUT2D eigenvalue weighted by molar-refractivity contribution is -0.170. The van der Waals surface area contributed by atoms with E-state index in [0.29, 0.717) is 0 Å². The number of pyridine rings is 1. The predicted octanol–water partition coefficient (Wildman–Crippen LogP) is 2.77. The number of aromatic nitrogens is 1. The number of carboxylic acids is 3. The molecule has 0 amide bonds. The highest BCUT2D eigenvalue weighted by molar-refractivity contribution is 6.30. The van der Waals surface area contributed by atoms with E-state index in [0.717, 1.165) is 43.8 Å². The molecule has 9 nitrogen and oxygen atoms in total. The molecule has 0 saturated carbocycles. The highest BCUT2D eigenvalue weighted by atomic mass is 35.5. The molecule has 0 spiro atoms. The van der Waals surface area contributed by atoms with Gasteiger partial charge in [0.05, 0.1) is 18.5 Å². The van der Waals surface area contributed by atoms with Crippen molar-refractivity contribution in [2.45, 2.75) is 44.1 Å². The summed E-state index contributed by atoms with van der Waals surface area (Å²) in [5.74, 6) is -5.02. The summed E-state index contributed by atoms with van der Waals surface area (Å²) in [6.07, 6.45) is 3.90. The lowest BCUT2D eigenvalue weighted by Crippen LogP contribution is -2.42. The molecule has 1 aromatic carbocycles. The van der Waals surface area contributed by atoms with Crippen molar-refractivity contribution >= 4 is 35.1 Å². The molecule has 1 aliphatic heterocycles. The number of aryl methyl sites for hydroxylation is 2. The zero-order valence-electron chi connectivity index (χ0n) is 19.0. The Hall–Kier alpha value is -3.27. The Kier molecular flexibility index (Phi) is 8.61. The zero-order valence-corrected chi connectivity index (χ0v) is 19.7. The number of halogens is 1. The SMILES string of the molecule is Clc1ccc2c(c1)CCc1cccnc1C2=C1CCNCC1.O=C(O)CC(O)(CC(=O)O)C(=O)O. The van der Waals surface area contributed by atoms with E-state index in [2.05, 4.69) is 23.5 Å². The van der Waals surface area contributed by atoms with Gasteiger partial charge in [-0.1, -0.05) is 29.3 Å². The van der Waals surface area contributed by atoms with Gasteiger partial charge < -0.3 is 25.7 Å². The van der Waals surface area contributed by atoms with E-state index in [9.17, 15) is 14.4 Å². The van der Waals surface area contributed by atoms with Gasteiger partial charge in [0.25, 0.3) is 0 Å². The first-order valence-electron chi connectivity index (χ1n) is 11.2. The molecular weight excluding hydrogens is 476 g/mol. The van der Waals surface area contributed by atoms with E-state index in [-0.39, 0.29) is 0 Å². The standard InChI is InChI=1S/C19H19ClN2.C6H8O7/c20-16-5-6-17-15(12-16)4-3-14-2-1-9-22-19(14)18(17)13-7-10-21-11-8-13;7-3(8)1-6(13,5(11)12)2-4(9)10/h1-2,5-6,9,12,21H,3-4,7-8,10-11H2;13H,1-2H2,(H,7,8)(H,9,10)(H,11,12). The molecule has 0 unspecified atom stereocenters. The summed E-state index contributed by atoms with van der Waals surface area (Å²) in [5, 5.41) is 38.1. The fraction of sp³-hybridized carbons (Fsp3) is 0.360. The number of aliphatic carboxylic acids is 3. The van der Waals surface area contributed by atoms with Crippen LogP contribution in [0.25, 0.3) is 5.57 Å². The zero-order chi connectivity index (χ0) is 25.6. The Morgan fingerprint density at radius 3 is 2.17 bits per heavy atom. The fourth-order valence-electron chi connectivity index (χ4n) is 4.33. The number of hydrogen-bond donors (Lipinski definition) is 5. The van der Waals surface area contributed by atoms with Crippen LogP contribution in [0.4, 0.5) is 0 Å². The van der Waals surface area contributed by atoms with Gasteiger partial charge in [-0.15, -0.1) is 0 Å². The second kappa shape index (κ2) is 11.4. The molecule has 1 aromatic heterocycles. The molecule has 2 aromatic rings. The summed E-state index contributed by atoms with van der Waals surface area (Å²) in [7, 11) is 0. The van der Waals surface area contributed by atoms with Crippen LogP contribution in [-0.2, 0) is 27.2 Å². The first kappa shape index (κ1) is 26.3. The van der Waals surface area contributed by atoms with Crippen LogP contribution in [0.15, 0.2) is 42.1 Å². The van der Waals surface area contributed by atoms with Crippen LogP contribution in [0.1, 0.15) is 48.1 Å². The molecule has 186 valence electrons. The minimum absolute atomic E-state index is 0.826. The van der Waals surface area contributed by atoms with Crippen molar-refractivity contribution in [2.24, 2.45) is 0 Å². The van der Waals surface area contributed by atoms with Gasteiger partial charge >= 0.3 is 17.9 Å². The van der Waals surface area contributed by atoms with E-state index in [1.807, 2.05) is 18.3 Å². The van der Waals surface area contributed by atoms with Gasteiger partial charge in [-0.25, -0.2) is 4.79 Å². The largest absolute Gasteiger partial charge is 0.481 e. The Bertz CT molecular complexity index is 1140. The molecule has 2 heterocycles. The van der Waals surface area contributed by atoms with Crippen molar-refractivity contribution in [3.63, 3.8) is 0 Å². The van der Waals surface area contributed by atoms with Crippen molar-refractivity contribution in [1.29, 1.82) is 0 Å². The third-order valence-electron chi connectivity index (χ3n) is 5.97.